The molecule has 4 nitrogen and oxygen atoms in total. The SMILES string of the molecule is CCC1C(=O)NC(C)(C2CC2)C(=O)N1C(C)CCC(C)C. The first-order chi connectivity index (χ1) is 9.81. The predicted octanol–water partition coefficient (Wildman–Crippen LogP) is 2.72. The molecule has 0 aromatic rings. The monoisotopic (exact) mass is 294 g/mol. The molecule has 1 saturated heterocycles. The van der Waals surface area contributed by atoms with Crippen molar-refractivity contribution in [2.45, 2.75) is 84.3 Å². The van der Waals surface area contributed by atoms with Gasteiger partial charge in [-0.3, -0.25) is 9.59 Å². The number of piperazine rings is 1. The van der Waals surface area contributed by atoms with Gasteiger partial charge in [-0.15, -0.1) is 0 Å². The standard InChI is InChI=1S/C17H30N2O2/c1-6-14-15(20)18-17(5,13-9-10-13)16(21)19(14)12(4)8-7-11(2)3/h11-14H,6-10H2,1-5H3,(H,18,20). The molecule has 4 heteroatoms. The summed E-state index contributed by atoms with van der Waals surface area (Å²) in [6.45, 7) is 10.4. The van der Waals surface area contributed by atoms with Crippen LogP contribution in [0.15, 0.2) is 0 Å². The van der Waals surface area contributed by atoms with E-state index in [-0.39, 0.29) is 23.9 Å². The lowest BCUT2D eigenvalue weighted by molar-refractivity contribution is -0.158. The van der Waals surface area contributed by atoms with E-state index in [0.717, 1.165) is 25.7 Å². The van der Waals surface area contributed by atoms with Crippen LogP contribution in [0.5, 0.6) is 0 Å². The first-order valence-corrected chi connectivity index (χ1v) is 8.46. The van der Waals surface area contributed by atoms with Gasteiger partial charge in [-0.2, -0.15) is 0 Å². The average molecular weight is 294 g/mol. The van der Waals surface area contributed by atoms with Crippen LogP contribution in [0, 0.1) is 11.8 Å². The van der Waals surface area contributed by atoms with Crippen molar-refractivity contribution in [3.05, 3.63) is 0 Å². The molecule has 1 aliphatic carbocycles. The predicted molar refractivity (Wildman–Crippen MR) is 83.7 cm³/mol. The van der Waals surface area contributed by atoms with Crippen molar-refractivity contribution in [3.63, 3.8) is 0 Å². The summed E-state index contributed by atoms with van der Waals surface area (Å²) in [6.07, 6.45) is 4.84. The van der Waals surface area contributed by atoms with E-state index in [1.165, 1.54) is 0 Å². The Bertz CT molecular complexity index is 417. The summed E-state index contributed by atoms with van der Waals surface area (Å²) in [5.41, 5.74) is -0.672. The molecular weight excluding hydrogens is 264 g/mol. The zero-order chi connectivity index (χ0) is 15.8. The van der Waals surface area contributed by atoms with Crippen LogP contribution in [-0.4, -0.2) is 34.3 Å². The van der Waals surface area contributed by atoms with Crippen LogP contribution in [0.25, 0.3) is 0 Å². The molecule has 0 bridgehead atoms. The third-order valence-corrected chi connectivity index (χ3v) is 5.12. The highest BCUT2D eigenvalue weighted by molar-refractivity contribution is 6.00. The van der Waals surface area contributed by atoms with Crippen LogP contribution < -0.4 is 5.32 Å². The van der Waals surface area contributed by atoms with E-state index in [0.29, 0.717) is 18.3 Å². The fraction of sp³-hybridized carbons (Fsp3) is 0.882. The number of hydrogen-bond donors (Lipinski definition) is 1. The van der Waals surface area contributed by atoms with Gasteiger partial charge >= 0.3 is 0 Å². The second kappa shape index (κ2) is 5.98. The second-order valence-corrected chi connectivity index (χ2v) is 7.42. The number of amides is 2. The molecule has 1 heterocycles. The third-order valence-electron chi connectivity index (χ3n) is 5.12. The van der Waals surface area contributed by atoms with Gasteiger partial charge in [0.15, 0.2) is 0 Å². The van der Waals surface area contributed by atoms with E-state index in [9.17, 15) is 9.59 Å². The Hall–Kier alpha value is -1.06. The molecule has 0 aromatic heterocycles. The minimum atomic E-state index is -0.672. The van der Waals surface area contributed by atoms with Gasteiger partial charge in [-0.05, 0) is 57.8 Å². The fourth-order valence-corrected chi connectivity index (χ4v) is 3.47. The maximum absolute atomic E-state index is 13.0. The quantitative estimate of drug-likeness (QED) is 0.819. The first kappa shape index (κ1) is 16.3. The average Bonchev–Trinajstić information content (AvgIpc) is 3.24. The van der Waals surface area contributed by atoms with Crippen LogP contribution in [0.3, 0.4) is 0 Å². The second-order valence-electron chi connectivity index (χ2n) is 7.42. The van der Waals surface area contributed by atoms with Crippen molar-refractivity contribution in [2.24, 2.45) is 11.8 Å². The van der Waals surface area contributed by atoms with Gasteiger partial charge in [0.25, 0.3) is 0 Å². The Morgan fingerprint density at radius 2 is 1.86 bits per heavy atom. The van der Waals surface area contributed by atoms with Crippen LogP contribution in [-0.2, 0) is 9.59 Å². The largest absolute Gasteiger partial charge is 0.340 e. The Morgan fingerprint density at radius 1 is 1.24 bits per heavy atom. The Morgan fingerprint density at radius 3 is 2.33 bits per heavy atom. The molecule has 1 saturated carbocycles. The van der Waals surface area contributed by atoms with E-state index >= 15 is 0 Å². The highest BCUT2D eigenvalue weighted by Crippen LogP contribution is 2.43. The van der Waals surface area contributed by atoms with Gasteiger partial charge in [-0.25, -0.2) is 0 Å². The zero-order valence-electron chi connectivity index (χ0n) is 14.1. The molecule has 0 spiro atoms. The number of nitrogens with zero attached hydrogens (tertiary/aromatic N) is 1. The molecule has 1 aliphatic heterocycles. The first-order valence-electron chi connectivity index (χ1n) is 8.46. The summed E-state index contributed by atoms with van der Waals surface area (Å²) in [6, 6.07) is -0.166. The van der Waals surface area contributed by atoms with Gasteiger partial charge < -0.3 is 10.2 Å². The lowest BCUT2D eigenvalue weighted by Crippen LogP contribution is -2.71. The van der Waals surface area contributed by atoms with Gasteiger partial charge in [0.1, 0.15) is 11.6 Å². The molecule has 0 aromatic carbocycles. The highest BCUT2D eigenvalue weighted by atomic mass is 16.2. The maximum atomic E-state index is 13.0. The minimum Gasteiger partial charge on any atom is -0.340 e. The van der Waals surface area contributed by atoms with E-state index in [4.69, 9.17) is 0 Å². The molecule has 21 heavy (non-hydrogen) atoms. The van der Waals surface area contributed by atoms with Gasteiger partial charge in [0.05, 0.1) is 0 Å². The molecule has 0 radical (unpaired) electrons. The van der Waals surface area contributed by atoms with Crippen molar-refractivity contribution in [3.8, 4) is 0 Å². The molecule has 2 amide bonds. The van der Waals surface area contributed by atoms with E-state index in [1.807, 2.05) is 18.7 Å². The molecule has 3 unspecified atom stereocenters. The Labute approximate surface area is 128 Å². The summed E-state index contributed by atoms with van der Waals surface area (Å²) in [5, 5.41) is 3.03. The lowest BCUT2D eigenvalue weighted by atomic mass is 9.87. The van der Waals surface area contributed by atoms with Gasteiger partial charge in [0.2, 0.25) is 11.8 Å². The minimum absolute atomic E-state index is 0.0305. The van der Waals surface area contributed by atoms with Crippen molar-refractivity contribution in [1.82, 2.24) is 10.2 Å². The number of hydrogen-bond acceptors (Lipinski definition) is 2. The highest BCUT2D eigenvalue weighted by Gasteiger charge is 2.55. The van der Waals surface area contributed by atoms with Crippen LogP contribution in [0.4, 0.5) is 0 Å². The Kier molecular flexibility index (Phi) is 4.64. The molecule has 120 valence electrons. The number of carbonyl (C=O) groups excluding carboxylic acids is 2. The van der Waals surface area contributed by atoms with E-state index < -0.39 is 5.54 Å². The topological polar surface area (TPSA) is 49.4 Å². The van der Waals surface area contributed by atoms with Crippen LogP contribution in [0.2, 0.25) is 0 Å². The third kappa shape index (κ3) is 3.09. The van der Waals surface area contributed by atoms with Crippen molar-refractivity contribution in [2.75, 3.05) is 0 Å². The van der Waals surface area contributed by atoms with E-state index in [1.54, 1.807) is 0 Å². The molecule has 2 fully saturated rings. The summed E-state index contributed by atoms with van der Waals surface area (Å²) in [4.78, 5) is 27.4. The maximum Gasteiger partial charge on any atom is 0.249 e. The number of nitrogens with one attached hydrogen (secondary N) is 1. The molecule has 2 rings (SSSR count). The number of carbonyl (C=O) groups is 2. The molecular formula is C17H30N2O2. The summed E-state index contributed by atoms with van der Waals surface area (Å²) in [5.74, 6) is 1.11. The van der Waals surface area contributed by atoms with E-state index in [2.05, 4.69) is 26.1 Å². The van der Waals surface area contributed by atoms with Gasteiger partial charge in [0, 0.05) is 6.04 Å². The molecule has 1 N–H and O–H groups in total. The number of rotatable bonds is 6. The summed E-state index contributed by atoms with van der Waals surface area (Å²) in [7, 11) is 0. The zero-order valence-corrected chi connectivity index (χ0v) is 14.1. The van der Waals surface area contributed by atoms with Crippen molar-refractivity contribution >= 4 is 11.8 Å². The van der Waals surface area contributed by atoms with Crippen LogP contribution >= 0.6 is 0 Å². The Balaban J connectivity index is 2.20. The summed E-state index contributed by atoms with van der Waals surface area (Å²) < 4.78 is 0. The molecule has 2 aliphatic rings. The normalized spacial score (nSPS) is 31.5. The fourth-order valence-electron chi connectivity index (χ4n) is 3.47. The van der Waals surface area contributed by atoms with Crippen LogP contribution in [0.1, 0.15) is 66.7 Å². The van der Waals surface area contributed by atoms with Gasteiger partial charge in [-0.1, -0.05) is 20.8 Å². The summed E-state index contributed by atoms with van der Waals surface area (Å²) >= 11 is 0. The molecule has 3 atom stereocenters. The lowest BCUT2D eigenvalue weighted by Gasteiger charge is -2.47. The van der Waals surface area contributed by atoms with Crippen molar-refractivity contribution < 1.29 is 9.59 Å². The van der Waals surface area contributed by atoms with Crippen molar-refractivity contribution in [1.29, 1.82) is 0 Å². The smallest absolute Gasteiger partial charge is 0.249 e.